The summed E-state index contributed by atoms with van der Waals surface area (Å²) in [6.45, 7) is 1.92. The van der Waals surface area contributed by atoms with Crippen molar-refractivity contribution in [2.24, 2.45) is 11.1 Å². The van der Waals surface area contributed by atoms with Gasteiger partial charge in [0, 0.05) is 6.04 Å². The number of carboxylic acids is 1. The number of carboxylic acid groups (broad SMARTS) is 1. The predicted octanol–water partition coefficient (Wildman–Crippen LogP) is 0.588. The molecule has 1 unspecified atom stereocenters. The fourth-order valence-electron chi connectivity index (χ4n) is 1.27. The minimum Gasteiger partial charge on any atom is -0.481 e. The molecule has 0 aliphatic heterocycles. The lowest BCUT2D eigenvalue weighted by atomic mass is 9.95. The molecule has 0 bridgehead atoms. The van der Waals surface area contributed by atoms with Crippen LogP contribution in [0.25, 0.3) is 0 Å². The molecular formula is C7H13NO2. The summed E-state index contributed by atoms with van der Waals surface area (Å²) in [4.78, 5) is 10.6. The summed E-state index contributed by atoms with van der Waals surface area (Å²) in [5.74, 6) is -0.721. The summed E-state index contributed by atoms with van der Waals surface area (Å²) < 4.78 is 0. The molecule has 0 heterocycles. The second-order valence-electron chi connectivity index (χ2n) is 2.98. The van der Waals surface area contributed by atoms with Gasteiger partial charge in [-0.1, -0.05) is 6.92 Å². The van der Waals surface area contributed by atoms with E-state index in [1.54, 1.807) is 0 Å². The van der Waals surface area contributed by atoms with E-state index >= 15 is 0 Å². The van der Waals surface area contributed by atoms with Crippen LogP contribution in [0, 0.1) is 5.41 Å². The quantitative estimate of drug-likeness (QED) is 0.607. The topological polar surface area (TPSA) is 63.3 Å². The molecule has 1 fully saturated rings. The molecule has 1 atom stereocenters. The van der Waals surface area contributed by atoms with Crippen molar-refractivity contribution in [1.82, 2.24) is 0 Å². The lowest BCUT2D eigenvalue weighted by Crippen LogP contribution is -2.36. The third-order valence-electron chi connectivity index (χ3n) is 2.36. The maximum Gasteiger partial charge on any atom is 0.311 e. The van der Waals surface area contributed by atoms with Crippen LogP contribution >= 0.6 is 0 Å². The van der Waals surface area contributed by atoms with E-state index in [2.05, 4.69) is 0 Å². The van der Waals surface area contributed by atoms with Gasteiger partial charge in [0.15, 0.2) is 0 Å². The molecule has 3 heteroatoms. The molecule has 3 N–H and O–H groups in total. The third kappa shape index (κ3) is 0.904. The molecule has 0 spiro atoms. The molecule has 0 saturated heterocycles. The SMILES string of the molecule is CCC(N)C1(C(=O)O)CC1. The second kappa shape index (κ2) is 2.23. The van der Waals surface area contributed by atoms with Crippen LogP contribution in [0.5, 0.6) is 0 Å². The average molecular weight is 143 g/mol. The Morgan fingerprint density at radius 3 is 2.40 bits per heavy atom. The van der Waals surface area contributed by atoms with Gasteiger partial charge in [-0.25, -0.2) is 0 Å². The smallest absolute Gasteiger partial charge is 0.311 e. The summed E-state index contributed by atoms with van der Waals surface area (Å²) in [5, 5.41) is 8.73. The van der Waals surface area contributed by atoms with E-state index in [9.17, 15) is 4.79 Å². The molecule has 1 aliphatic carbocycles. The maximum atomic E-state index is 10.6. The van der Waals surface area contributed by atoms with Crippen LogP contribution < -0.4 is 5.73 Å². The Hall–Kier alpha value is -0.570. The van der Waals surface area contributed by atoms with Gasteiger partial charge in [0.1, 0.15) is 0 Å². The zero-order valence-electron chi connectivity index (χ0n) is 6.13. The Labute approximate surface area is 60.2 Å². The molecule has 0 radical (unpaired) electrons. The number of carbonyl (C=O) groups is 1. The van der Waals surface area contributed by atoms with Gasteiger partial charge in [-0.2, -0.15) is 0 Å². The molecular weight excluding hydrogens is 130 g/mol. The first-order chi connectivity index (χ1) is 4.63. The van der Waals surface area contributed by atoms with Crippen molar-refractivity contribution in [3.63, 3.8) is 0 Å². The first-order valence-corrected chi connectivity index (χ1v) is 3.62. The van der Waals surface area contributed by atoms with Crippen LogP contribution in [0.4, 0.5) is 0 Å². The van der Waals surface area contributed by atoms with Gasteiger partial charge in [-0.15, -0.1) is 0 Å². The lowest BCUT2D eigenvalue weighted by molar-refractivity contribution is -0.144. The fraction of sp³-hybridized carbons (Fsp3) is 0.857. The van der Waals surface area contributed by atoms with Gasteiger partial charge >= 0.3 is 5.97 Å². The van der Waals surface area contributed by atoms with E-state index in [0.717, 1.165) is 19.3 Å². The Kier molecular flexibility index (Phi) is 1.68. The highest BCUT2D eigenvalue weighted by molar-refractivity contribution is 5.78. The standard InChI is InChI=1S/C7H13NO2/c1-2-5(8)7(3-4-7)6(9)10/h5H,2-4,8H2,1H3,(H,9,10). The monoisotopic (exact) mass is 143 g/mol. The minimum atomic E-state index is -0.721. The molecule has 0 amide bonds. The number of nitrogens with two attached hydrogens (primary N) is 1. The van der Waals surface area contributed by atoms with Crippen LogP contribution in [-0.2, 0) is 4.79 Å². The van der Waals surface area contributed by atoms with E-state index in [1.807, 2.05) is 6.92 Å². The summed E-state index contributed by atoms with van der Waals surface area (Å²) in [6.07, 6.45) is 2.28. The summed E-state index contributed by atoms with van der Waals surface area (Å²) in [5.41, 5.74) is 5.09. The zero-order chi connectivity index (χ0) is 7.78. The largest absolute Gasteiger partial charge is 0.481 e. The van der Waals surface area contributed by atoms with Crippen molar-refractivity contribution < 1.29 is 9.90 Å². The number of rotatable bonds is 3. The Balaban J connectivity index is 2.60. The van der Waals surface area contributed by atoms with Crippen LogP contribution in [-0.4, -0.2) is 17.1 Å². The number of aliphatic carboxylic acids is 1. The van der Waals surface area contributed by atoms with E-state index in [4.69, 9.17) is 10.8 Å². The van der Waals surface area contributed by atoms with Gasteiger partial charge in [0.05, 0.1) is 5.41 Å². The molecule has 10 heavy (non-hydrogen) atoms. The highest BCUT2D eigenvalue weighted by Gasteiger charge is 2.54. The van der Waals surface area contributed by atoms with E-state index < -0.39 is 11.4 Å². The Bertz CT molecular complexity index is 152. The molecule has 1 rings (SSSR count). The van der Waals surface area contributed by atoms with Crippen molar-refractivity contribution in [3.8, 4) is 0 Å². The first kappa shape index (κ1) is 7.54. The second-order valence-corrected chi connectivity index (χ2v) is 2.98. The van der Waals surface area contributed by atoms with Gasteiger partial charge < -0.3 is 10.8 Å². The Morgan fingerprint density at radius 1 is 1.80 bits per heavy atom. The molecule has 0 aromatic heterocycles. The number of hydrogen-bond donors (Lipinski definition) is 2. The Morgan fingerprint density at radius 2 is 2.30 bits per heavy atom. The van der Waals surface area contributed by atoms with Crippen molar-refractivity contribution in [2.45, 2.75) is 32.2 Å². The molecule has 0 aromatic carbocycles. The van der Waals surface area contributed by atoms with Crippen LogP contribution in [0.15, 0.2) is 0 Å². The van der Waals surface area contributed by atoms with E-state index in [0.29, 0.717) is 0 Å². The van der Waals surface area contributed by atoms with Gasteiger partial charge in [-0.05, 0) is 19.3 Å². The molecule has 0 aromatic rings. The first-order valence-electron chi connectivity index (χ1n) is 3.62. The lowest BCUT2D eigenvalue weighted by Gasteiger charge is -2.16. The highest BCUT2D eigenvalue weighted by atomic mass is 16.4. The average Bonchev–Trinajstić information content (AvgIpc) is 2.65. The van der Waals surface area contributed by atoms with Crippen LogP contribution in [0.2, 0.25) is 0 Å². The van der Waals surface area contributed by atoms with Crippen molar-refractivity contribution >= 4 is 5.97 Å². The fourth-order valence-corrected chi connectivity index (χ4v) is 1.27. The van der Waals surface area contributed by atoms with E-state index in [-0.39, 0.29) is 6.04 Å². The maximum absolute atomic E-state index is 10.6. The normalized spacial score (nSPS) is 23.8. The van der Waals surface area contributed by atoms with Crippen LogP contribution in [0.3, 0.4) is 0 Å². The molecule has 1 saturated carbocycles. The van der Waals surface area contributed by atoms with E-state index in [1.165, 1.54) is 0 Å². The van der Waals surface area contributed by atoms with Crippen LogP contribution in [0.1, 0.15) is 26.2 Å². The van der Waals surface area contributed by atoms with Gasteiger partial charge in [0.25, 0.3) is 0 Å². The summed E-state index contributed by atoms with van der Waals surface area (Å²) >= 11 is 0. The molecule has 1 aliphatic rings. The van der Waals surface area contributed by atoms with Crippen molar-refractivity contribution in [1.29, 1.82) is 0 Å². The van der Waals surface area contributed by atoms with Crippen molar-refractivity contribution in [2.75, 3.05) is 0 Å². The highest BCUT2D eigenvalue weighted by Crippen LogP contribution is 2.48. The summed E-state index contributed by atoms with van der Waals surface area (Å²) in [6, 6.07) is -0.148. The third-order valence-corrected chi connectivity index (χ3v) is 2.36. The number of hydrogen-bond acceptors (Lipinski definition) is 2. The van der Waals surface area contributed by atoms with Crippen molar-refractivity contribution in [3.05, 3.63) is 0 Å². The molecule has 3 nitrogen and oxygen atoms in total. The minimum absolute atomic E-state index is 0.148. The predicted molar refractivity (Wildman–Crippen MR) is 37.6 cm³/mol. The van der Waals surface area contributed by atoms with Gasteiger partial charge in [0.2, 0.25) is 0 Å². The summed E-state index contributed by atoms with van der Waals surface area (Å²) in [7, 11) is 0. The van der Waals surface area contributed by atoms with Gasteiger partial charge in [-0.3, -0.25) is 4.79 Å². The zero-order valence-corrected chi connectivity index (χ0v) is 6.13. The molecule has 58 valence electrons.